The molecule has 4 nitrogen and oxygen atoms in total. The Labute approximate surface area is 133 Å². The smallest absolute Gasteiger partial charge is 0.161 e. The molecule has 0 aliphatic carbocycles. The van der Waals surface area contributed by atoms with Gasteiger partial charge in [-0.3, -0.25) is 0 Å². The fraction of sp³-hybridized carbons (Fsp3) is 0.176. The monoisotopic (exact) mass is 310 g/mol. The van der Waals surface area contributed by atoms with E-state index in [1.807, 2.05) is 36.6 Å². The summed E-state index contributed by atoms with van der Waals surface area (Å²) in [5, 5.41) is 19.6. The van der Waals surface area contributed by atoms with Gasteiger partial charge in [0.25, 0.3) is 0 Å². The van der Waals surface area contributed by atoms with Crippen LogP contribution in [0.25, 0.3) is 6.08 Å². The zero-order chi connectivity index (χ0) is 15.8. The van der Waals surface area contributed by atoms with Crippen molar-refractivity contribution in [3.05, 3.63) is 51.7 Å². The number of benzene rings is 1. The molecule has 0 amide bonds. The molecule has 5 heteroatoms. The van der Waals surface area contributed by atoms with Gasteiger partial charge in [-0.1, -0.05) is 12.1 Å². The van der Waals surface area contributed by atoms with Crippen LogP contribution in [-0.4, -0.2) is 6.61 Å². The molecule has 0 bridgehead atoms. The summed E-state index contributed by atoms with van der Waals surface area (Å²) in [4.78, 5) is 1.13. The first-order valence-electron chi connectivity index (χ1n) is 6.70. The van der Waals surface area contributed by atoms with Crippen LogP contribution >= 0.6 is 11.3 Å². The van der Waals surface area contributed by atoms with Gasteiger partial charge in [0.05, 0.1) is 6.61 Å². The molecular formula is C17H14N2O2S. The highest BCUT2D eigenvalue weighted by Gasteiger charge is 2.07. The predicted octanol–water partition coefficient (Wildman–Crippen LogP) is 4.16. The van der Waals surface area contributed by atoms with Crippen molar-refractivity contribution in [2.24, 2.45) is 0 Å². The van der Waals surface area contributed by atoms with E-state index in [9.17, 15) is 0 Å². The maximum absolute atomic E-state index is 8.81. The lowest BCUT2D eigenvalue weighted by Gasteiger charge is -2.12. The van der Waals surface area contributed by atoms with E-state index in [1.165, 1.54) is 6.08 Å². The number of thiophene rings is 1. The molecule has 0 unspecified atom stereocenters. The van der Waals surface area contributed by atoms with Gasteiger partial charge in [-0.25, -0.2) is 0 Å². The summed E-state index contributed by atoms with van der Waals surface area (Å²) in [5.74, 6) is 1.24. The molecule has 0 saturated carbocycles. The Morgan fingerprint density at radius 2 is 2.00 bits per heavy atom. The van der Waals surface area contributed by atoms with Gasteiger partial charge in [-0.15, -0.1) is 11.3 Å². The van der Waals surface area contributed by atoms with E-state index in [1.54, 1.807) is 29.5 Å². The van der Waals surface area contributed by atoms with Crippen LogP contribution in [0.2, 0.25) is 0 Å². The molecule has 0 radical (unpaired) electrons. The topological polar surface area (TPSA) is 66.0 Å². The molecule has 2 aromatic rings. The van der Waals surface area contributed by atoms with Crippen LogP contribution in [0, 0.1) is 22.7 Å². The van der Waals surface area contributed by atoms with Crippen molar-refractivity contribution in [2.75, 3.05) is 6.61 Å². The van der Waals surface area contributed by atoms with Crippen LogP contribution in [0.3, 0.4) is 0 Å². The molecule has 0 spiro atoms. The van der Waals surface area contributed by atoms with Crippen molar-refractivity contribution in [2.45, 2.75) is 13.5 Å². The van der Waals surface area contributed by atoms with Crippen molar-refractivity contribution in [1.29, 1.82) is 10.5 Å². The first-order valence-corrected chi connectivity index (χ1v) is 7.58. The van der Waals surface area contributed by atoms with Crippen LogP contribution in [0.5, 0.6) is 11.5 Å². The largest absolute Gasteiger partial charge is 0.490 e. The van der Waals surface area contributed by atoms with Crippen LogP contribution in [0.15, 0.2) is 41.3 Å². The summed E-state index contributed by atoms with van der Waals surface area (Å²) in [6.45, 7) is 2.88. The molecule has 22 heavy (non-hydrogen) atoms. The third kappa shape index (κ3) is 4.12. The standard InChI is InChI=1S/C17H14N2O2S/c1-2-20-17-9-13(8-14(10-18)11-19)5-6-16(17)21-12-15-4-3-7-22-15/h3-9H,2,12H2,1H3. The highest BCUT2D eigenvalue weighted by Crippen LogP contribution is 2.30. The third-order valence-electron chi connectivity index (χ3n) is 2.77. The van der Waals surface area contributed by atoms with E-state index in [-0.39, 0.29) is 5.57 Å². The second kappa shape index (κ2) is 7.87. The van der Waals surface area contributed by atoms with Gasteiger partial charge in [0.15, 0.2) is 11.5 Å². The number of allylic oxidation sites excluding steroid dienone is 1. The van der Waals surface area contributed by atoms with E-state index in [4.69, 9.17) is 20.0 Å². The molecule has 0 atom stereocenters. The highest BCUT2D eigenvalue weighted by atomic mass is 32.1. The number of rotatable bonds is 6. The summed E-state index contributed by atoms with van der Waals surface area (Å²) in [7, 11) is 0. The lowest BCUT2D eigenvalue weighted by atomic mass is 10.1. The lowest BCUT2D eigenvalue weighted by Crippen LogP contribution is -1.99. The van der Waals surface area contributed by atoms with E-state index < -0.39 is 0 Å². The van der Waals surface area contributed by atoms with Gasteiger partial charge in [0.1, 0.15) is 24.3 Å². The summed E-state index contributed by atoms with van der Waals surface area (Å²) in [5.41, 5.74) is 0.778. The minimum absolute atomic E-state index is 0.0507. The normalized spacial score (nSPS) is 9.41. The minimum atomic E-state index is 0.0507. The van der Waals surface area contributed by atoms with Crippen molar-refractivity contribution in [1.82, 2.24) is 0 Å². The predicted molar refractivity (Wildman–Crippen MR) is 85.5 cm³/mol. The van der Waals surface area contributed by atoms with Crippen LogP contribution in [-0.2, 0) is 6.61 Å². The first kappa shape index (κ1) is 15.6. The van der Waals surface area contributed by atoms with E-state index in [0.717, 1.165) is 10.4 Å². The molecule has 110 valence electrons. The zero-order valence-corrected chi connectivity index (χ0v) is 12.9. The van der Waals surface area contributed by atoms with Gasteiger partial charge in [0.2, 0.25) is 0 Å². The Morgan fingerprint density at radius 1 is 1.18 bits per heavy atom. The lowest BCUT2D eigenvalue weighted by molar-refractivity contribution is 0.271. The summed E-state index contributed by atoms with van der Waals surface area (Å²) < 4.78 is 11.4. The van der Waals surface area contributed by atoms with Gasteiger partial charge < -0.3 is 9.47 Å². The van der Waals surface area contributed by atoms with Crippen molar-refractivity contribution < 1.29 is 9.47 Å². The Bertz CT molecular complexity index is 721. The number of hydrogen-bond acceptors (Lipinski definition) is 5. The Morgan fingerprint density at radius 3 is 2.64 bits per heavy atom. The molecule has 2 rings (SSSR count). The SMILES string of the molecule is CCOc1cc(C=C(C#N)C#N)ccc1OCc1cccs1. The quantitative estimate of drug-likeness (QED) is 0.751. The minimum Gasteiger partial charge on any atom is -0.490 e. The highest BCUT2D eigenvalue weighted by molar-refractivity contribution is 7.09. The molecular weight excluding hydrogens is 296 g/mol. The summed E-state index contributed by atoms with van der Waals surface area (Å²) in [6.07, 6.45) is 1.52. The Kier molecular flexibility index (Phi) is 5.59. The van der Waals surface area contributed by atoms with Gasteiger partial charge in [-0.05, 0) is 42.1 Å². The zero-order valence-electron chi connectivity index (χ0n) is 12.1. The fourth-order valence-corrected chi connectivity index (χ4v) is 2.42. The molecule has 0 aliphatic rings. The maximum Gasteiger partial charge on any atom is 0.161 e. The van der Waals surface area contributed by atoms with Gasteiger partial charge in [-0.2, -0.15) is 10.5 Å². The molecule has 0 aliphatic heterocycles. The first-order chi connectivity index (χ1) is 10.8. The molecule has 0 fully saturated rings. The fourth-order valence-electron chi connectivity index (χ4n) is 1.80. The van der Waals surface area contributed by atoms with Crippen molar-refractivity contribution in [3.63, 3.8) is 0 Å². The van der Waals surface area contributed by atoms with Crippen LogP contribution in [0.1, 0.15) is 17.4 Å². The number of nitriles is 2. The van der Waals surface area contributed by atoms with Gasteiger partial charge in [0, 0.05) is 4.88 Å². The Balaban J connectivity index is 2.22. The van der Waals surface area contributed by atoms with Crippen molar-refractivity contribution >= 4 is 17.4 Å². The van der Waals surface area contributed by atoms with Gasteiger partial charge >= 0.3 is 0 Å². The second-order valence-electron chi connectivity index (χ2n) is 4.29. The molecule has 1 aromatic heterocycles. The molecule has 1 aromatic carbocycles. The van der Waals surface area contributed by atoms with Crippen molar-refractivity contribution in [3.8, 4) is 23.6 Å². The summed E-state index contributed by atoms with van der Waals surface area (Å²) >= 11 is 1.63. The number of hydrogen-bond donors (Lipinski definition) is 0. The maximum atomic E-state index is 8.81. The number of ether oxygens (including phenoxy) is 2. The molecule has 0 N–H and O–H groups in total. The second-order valence-corrected chi connectivity index (χ2v) is 5.32. The van der Waals surface area contributed by atoms with Crippen LogP contribution < -0.4 is 9.47 Å². The Hall–Kier alpha value is -2.76. The van der Waals surface area contributed by atoms with E-state index >= 15 is 0 Å². The van der Waals surface area contributed by atoms with E-state index in [2.05, 4.69) is 0 Å². The average Bonchev–Trinajstić information content (AvgIpc) is 3.05. The summed E-state index contributed by atoms with van der Waals surface area (Å²) in [6, 6.07) is 13.0. The third-order valence-corrected chi connectivity index (χ3v) is 3.62. The van der Waals surface area contributed by atoms with E-state index in [0.29, 0.717) is 24.7 Å². The average molecular weight is 310 g/mol. The van der Waals surface area contributed by atoms with Crippen LogP contribution in [0.4, 0.5) is 0 Å². The molecule has 1 heterocycles. The number of nitrogens with zero attached hydrogens (tertiary/aromatic N) is 2. The molecule has 0 saturated heterocycles.